The molecule has 1 aromatic rings. The normalized spacial score (nSPS) is 9.86. The zero-order valence-electron chi connectivity index (χ0n) is 7.13. The van der Waals surface area contributed by atoms with Crippen LogP contribution in [0.3, 0.4) is 0 Å². The van der Waals surface area contributed by atoms with E-state index in [1.807, 2.05) is 0 Å². The van der Waals surface area contributed by atoms with Crippen LogP contribution in [0.2, 0.25) is 0 Å². The van der Waals surface area contributed by atoms with Gasteiger partial charge in [-0.05, 0) is 17.2 Å². The minimum atomic E-state index is -1.16. The molecule has 0 atom stereocenters. The highest BCUT2D eigenvalue weighted by atomic mass is 35.5. The van der Waals surface area contributed by atoms with Crippen molar-refractivity contribution in [2.75, 3.05) is 5.32 Å². The van der Waals surface area contributed by atoms with E-state index in [9.17, 15) is 4.79 Å². The van der Waals surface area contributed by atoms with Crippen LogP contribution in [0.4, 0.5) is 10.6 Å². The highest BCUT2D eigenvalue weighted by molar-refractivity contribution is 6.18. The molecule has 6 heteroatoms. The maximum absolute atomic E-state index is 10.3. The molecule has 14 heavy (non-hydrogen) atoms. The standard InChI is InChI=1S/C8H8Cl2N2O2/c9-2-5-1-7(12-8(13)14)11-4-6(5)3-10/h1,4H,2-3H2,(H,11,12)(H,13,14). The maximum Gasteiger partial charge on any atom is 0.410 e. The molecule has 1 rings (SSSR count). The van der Waals surface area contributed by atoms with Gasteiger partial charge in [-0.1, -0.05) is 0 Å². The van der Waals surface area contributed by atoms with E-state index in [-0.39, 0.29) is 11.7 Å². The number of anilines is 1. The van der Waals surface area contributed by atoms with E-state index in [1.165, 1.54) is 6.20 Å². The van der Waals surface area contributed by atoms with Crippen LogP contribution in [0.15, 0.2) is 12.3 Å². The molecule has 0 fully saturated rings. The van der Waals surface area contributed by atoms with Crippen molar-refractivity contribution in [3.63, 3.8) is 0 Å². The molecule has 0 spiro atoms. The minimum Gasteiger partial charge on any atom is -0.465 e. The van der Waals surface area contributed by atoms with Gasteiger partial charge in [0.2, 0.25) is 0 Å². The van der Waals surface area contributed by atoms with Gasteiger partial charge < -0.3 is 5.11 Å². The van der Waals surface area contributed by atoms with Crippen molar-refractivity contribution in [2.24, 2.45) is 0 Å². The van der Waals surface area contributed by atoms with Crippen LogP contribution < -0.4 is 5.32 Å². The van der Waals surface area contributed by atoms with Crippen molar-refractivity contribution in [3.8, 4) is 0 Å². The summed E-state index contributed by atoms with van der Waals surface area (Å²) < 4.78 is 0. The van der Waals surface area contributed by atoms with E-state index in [2.05, 4.69) is 10.3 Å². The van der Waals surface area contributed by atoms with E-state index in [1.54, 1.807) is 6.07 Å². The number of carbonyl (C=O) groups is 1. The van der Waals surface area contributed by atoms with Crippen LogP contribution in [0.25, 0.3) is 0 Å². The van der Waals surface area contributed by atoms with Gasteiger partial charge in [0, 0.05) is 18.0 Å². The Balaban J connectivity index is 2.95. The van der Waals surface area contributed by atoms with E-state index in [0.29, 0.717) is 5.88 Å². The minimum absolute atomic E-state index is 0.252. The van der Waals surface area contributed by atoms with Gasteiger partial charge in [0.05, 0.1) is 0 Å². The van der Waals surface area contributed by atoms with Crippen molar-refractivity contribution < 1.29 is 9.90 Å². The monoisotopic (exact) mass is 234 g/mol. The number of pyridine rings is 1. The lowest BCUT2D eigenvalue weighted by molar-refractivity contribution is 0.209. The number of nitrogens with zero attached hydrogens (tertiary/aromatic N) is 1. The number of halogens is 2. The molecular weight excluding hydrogens is 227 g/mol. The number of aromatic nitrogens is 1. The van der Waals surface area contributed by atoms with Gasteiger partial charge in [-0.25, -0.2) is 9.78 Å². The van der Waals surface area contributed by atoms with Crippen LogP contribution in [0, 0.1) is 0 Å². The lowest BCUT2D eigenvalue weighted by Gasteiger charge is -2.05. The smallest absolute Gasteiger partial charge is 0.410 e. The largest absolute Gasteiger partial charge is 0.465 e. The summed E-state index contributed by atoms with van der Waals surface area (Å²) in [6.45, 7) is 0. The Kier molecular flexibility index (Phi) is 3.98. The predicted octanol–water partition coefficient (Wildman–Crippen LogP) is 2.65. The fraction of sp³-hybridized carbons (Fsp3) is 0.250. The SMILES string of the molecule is O=C(O)Nc1cc(CCl)c(CCl)cn1. The molecule has 1 amide bonds. The molecule has 0 saturated carbocycles. The Morgan fingerprint density at radius 1 is 1.43 bits per heavy atom. The van der Waals surface area contributed by atoms with Gasteiger partial charge >= 0.3 is 6.09 Å². The Morgan fingerprint density at radius 3 is 2.57 bits per heavy atom. The molecular formula is C8H8Cl2N2O2. The molecule has 0 aromatic carbocycles. The van der Waals surface area contributed by atoms with Gasteiger partial charge in [-0.3, -0.25) is 5.32 Å². The first kappa shape index (κ1) is 11.1. The molecule has 0 aliphatic carbocycles. The number of nitrogens with one attached hydrogen (secondary N) is 1. The van der Waals surface area contributed by atoms with Crippen LogP contribution in [-0.4, -0.2) is 16.2 Å². The van der Waals surface area contributed by atoms with Crippen molar-refractivity contribution in [2.45, 2.75) is 11.8 Å². The number of alkyl halides is 2. The average molecular weight is 235 g/mol. The van der Waals surface area contributed by atoms with Gasteiger partial charge in [0.1, 0.15) is 5.82 Å². The van der Waals surface area contributed by atoms with Crippen molar-refractivity contribution >= 4 is 35.1 Å². The van der Waals surface area contributed by atoms with Crippen LogP contribution in [0.1, 0.15) is 11.1 Å². The molecule has 0 aliphatic heterocycles. The maximum atomic E-state index is 10.3. The first-order chi connectivity index (χ1) is 6.67. The molecule has 76 valence electrons. The van der Waals surface area contributed by atoms with E-state index in [0.717, 1.165) is 11.1 Å². The summed E-state index contributed by atoms with van der Waals surface area (Å²) in [5.74, 6) is 0.836. The number of hydrogen-bond donors (Lipinski definition) is 2. The third-order valence-electron chi connectivity index (χ3n) is 1.61. The Bertz CT molecular complexity index is 344. The Labute approximate surface area is 90.9 Å². The Morgan fingerprint density at radius 2 is 2.07 bits per heavy atom. The van der Waals surface area contributed by atoms with E-state index >= 15 is 0 Å². The molecule has 0 unspecified atom stereocenters. The number of rotatable bonds is 3. The number of carboxylic acid groups (broad SMARTS) is 1. The Hall–Kier alpha value is -1.00. The fourth-order valence-corrected chi connectivity index (χ4v) is 1.44. The first-order valence-corrected chi connectivity index (χ1v) is 4.84. The second-order valence-corrected chi connectivity index (χ2v) is 3.07. The zero-order valence-corrected chi connectivity index (χ0v) is 8.64. The molecule has 0 aliphatic rings. The summed E-state index contributed by atoms with van der Waals surface area (Å²) in [5.41, 5.74) is 1.58. The topological polar surface area (TPSA) is 62.2 Å². The van der Waals surface area contributed by atoms with Gasteiger partial charge in [-0.2, -0.15) is 0 Å². The molecule has 0 saturated heterocycles. The summed E-state index contributed by atoms with van der Waals surface area (Å²) in [6, 6.07) is 1.57. The van der Waals surface area contributed by atoms with Gasteiger partial charge in [0.15, 0.2) is 0 Å². The average Bonchev–Trinajstić information content (AvgIpc) is 2.16. The van der Waals surface area contributed by atoms with Crippen molar-refractivity contribution in [3.05, 3.63) is 23.4 Å². The molecule has 1 aromatic heterocycles. The van der Waals surface area contributed by atoms with Crippen LogP contribution in [-0.2, 0) is 11.8 Å². The number of hydrogen-bond acceptors (Lipinski definition) is 2. The third-order valence-corrected chi connectivity index (χ3v) is 2.18. The molecule has 0 radical (unpaired) electrons. The zero-order chi connectivity index (χ0) is 10.6. The predicted molar refractivity (Wildman–Crippen MR) is 55.0 cm³/mol. The van der Waals surface area contributed by atoms with Gasteiger partial charge in [-0.15, -0.1) is 23.2 Å². The van der Waals surface area contributed by atoms with Crippen LogP contribution >= 0.6 is 23.2 Å². The molecule has 4 nitrogen and oxygen atoms in total. The second kappa shape index (κ2) is 5.02. The molecule has 2 N–H and O–H groups in total. The summed E-state index contributed by atoms with van der Waals surface area (Å²) >= 11 is 11.3. The fourth-order valence-electron chi connectivity index (χ4n) is 0.948. The lowest BCUT2D eigenvalue weighted by Crippen LogP contribution is -2.09. The lowest BCUT2D eigenvalue weighted by atomic mass is 10.2. The quantitative estimate of drug-likeness (QED) is 0.791. The summed E-state index contributed by atoms with van der Waals surface area (Å²) in [6.07, 6.45) is 0.354. The third kappa shape index (κ3) is 2.75. The summed E-state index contributed by atoms with van der Waals surface area (Å²) in [4.78, 5) is 14.2. The highest BCUT2D eigenvalue weighted by Gasteiger charge is 2.05. The number of amides is 1. The molecule has 0 bridgehead atoms. The van der Waals surface area contributed by atoms with Gasteiger partial charge in [0.25, 0.3) is 0 Å². The summed E-state index contributed by atoms with van der Waals surface area (Å²) in [7, 11) is 0. The van der Waals surface area contributed by atoms with Crippen molar-refractivity contribution in [1.29, 1.82) is 0 Å². The van der Waals surface area contributed by atoms with E-state index in [4.69, 9.17) is 28.3 Å². The second-order valence-electron chi connectivity index (χ2n) is 2.54. The summed E-state index contributed by atoms with van der Waals surface area (Å²) in [5, 5.41) is 10.6. The highest BCUT2D eigenvalue weighted by Crippen LogP contribution is 2.16. The molecule has 1 heterocycles. The van der Waals surface area contributed by atoms with Crippen molar-refractivity contribution in [1.82, 2.24) is 4.98 Å². The first-order valence-electron chi connectivity index (χ1n) is 3.77. The van der Waals surface area contributed by atoms with E-state index < -0.39 is 6.09 Å². The van der Waals surface area contributed by atoms with Crippen LogP contribution in [0.5, 0.6) is 0 Å².